The topological polar surface area (TPSA) is 68.3 Å². The average molecular weight is 388 g/mol. The number of halogens is 1. The number of nitrogens with zero attached hydrogens (tertiary/aromatic N) is 1. The van der Waals surface area contributed by atoms with Gasteiger partial charge in [0.15, 0.2) is 0 Å². The van der Waals surface area contributed by atoms with Crippen molar-refractivity contribution in [3.8, 4) is 11.3 Å². The van der Waals surface area contributed by atoms with Gasteiger partial charge in [0.1, 0.15) is 5.82 Å². The van der Waals surface area contributed by atoms with Crippen molar-refractivity contribution in [2.45, 2.75) is 41.5 Å². The van der Waals surface area contributed by atoms with Crippen molar-refractivity contribution in [3.05, 3.63) is 53.0 Å². The summed E-state index contributed by atoms with van der Waals surface area (Å²) in [7, 11) is 1.24. The molecule has 1 aromatic carbocycles. The van der Waals surface area contributed by atoms with Gasteiger partial charge in [-0.15, -0.1) is 0 Å². The van der Waals surface area contributed by atoms with Crippen LogP contribution in [0.4, 0.5) is 4.39 Å². The van der Waals surface area contributed by atoms with E-state index in [-0.39, 0.29) is 16.9 Å². The van der Waals surface area contributed by atoms with Gasteiger partial charge in [-0.05, 0) is 42.2 Å². The first-order valence-electron chi connectivity index (χ1n) is 9.25. The minimum atomic E-state index is -0.622. The van der Waals surface area contributed by atoms with Crippen molar-refractivity contribution in [1.29, 1.82) is 0 Å². The van der Waals surface area contributed by atoms with E-state index in [2.05, 4.69) is 15.0 Å². The SMILES string of the molecule is CC.COC(=O)c1cc(F)c(C)c(-c2ccc(C(=O)NCC(C)(C)C)cn2)c1. The van der Waals surface area contributed by atoms with E-state index in [1.54, 1.807) is 19.1 Å². The number of aromatic nitrogens is 1. The maximum absolute atomic E-state index is 14.1. The second-order valence-electron chi connectivity index (χ2n) is 7.30. The van der Waals surface area contributed by atoms with Crippen molar-refractivity contribution in [3.63, 3.8) is 0 Å². The fourth-order valence-electron chi connectivity index (χ4n) is 2.32. The van der Waals surface area contributed by atoms with E-state index in [1.165, 1.54) is 19.4 Å². The van der Waals surface area contributed by atoms with Crippen LogP contribution in [0, 0.1) is 18.2 Å². The molecule has 0 radical (unpaired) electrons. The summed E-state index contributed by atoms with van der Waals surface area (Å²) in [6, 6.07) is 5.93. The molecule has 1 heterocycles. The molecule has 6 heteroatoms. The Balaban J connectivity index is 0.00000190. The molecule has 0 aliphatic carbocycles. The molecule has 0 bridgehead atoms. The maximum atomic E-state index is 14.1. The van der Waals surface area contributed by atoms with Crippen LogP contribution in [0.15, 0.2) is 30.5 Å². The van der Waals surface area contributed by atoms with E-state index in [0.29, 0.717) is 28.9 Å². The Kier molecular flexibility index (Phi) is 8.29. The van der Waals surface area contributed by atoms with Crippen molar-refractivity contribution in [2.75, 3.05) is 13.7 Å². The molecule has 0 fully saturated rings. The summed E-state index contributed by atoms with van der Waals surface area (Å²) in [6.45, 7) is 12.2. The fourth-order valence-corrected chi connectivity index (χ4v) is 2.32. The zero-order valence-corrected chi connectivity index (χ0v) is 17.6. The third-order valence-electron chi connectivity index (χ3n) is 3.85. The van der Waals surface area contributed by atoms with Gasteiger partial charge in [-0.3, -0.25) is 9.78 Å². The molecule has 5 nitrogen and oxygen atoms in total. The summed E-state index contributed by atoms with van der Waals surface area (Å²) in [6.07, 6.45) is 1.44. The number of benzene rings is 1. The number of hydrogen-bond donors (Lipinski definition) is 1. The third-order valence-corrected chi connectivity index (χ3v) is 3.85. The Hall–Kier alpha value is -2.76. The van der Waals surface area contributed by atoms with Crippen LogP contribution < -0.4 is 5.32 Å². The predicted octanol–water partition coefficient (Wildman–Crippen LogP) is 4.78. The zero-order chi connectivity index (χ0) is 21.5. The van der Waals surface area contributed by atoms with E-state index in [1.807, 2.05) is 34.6 Å². The lowest BCUT2D eigenvalue weighted by atomic mass is 9.97. The lowest BCUT2D eigenvalue weighted by Gasteiger charge is -2.18. The van der Waals surface area contributed by atoms with Crippen LogP contribution in [0.2, 0.25) is 0 Å². The second-order valence-corrected chi connectivity index (χ2v) is 7.30. The molecule has 0 spiro atoms. The number of methoxy groups -OCH3 is 1. The van der Waals surface area contributed by atoms with Gasteiger partial charge in [-0.2, -0.15) is 0 Å². The molecule has 2 aromatic rings. The number of amides is 1. The van der Waals surface area contributed by atoms with E-state index in [0.717, 1.165) is 6.07 Å². The molecule has 2 rings (SSSR count). The summed E-state index contributed by atoms with van der Waals surface area (Å²) in [5.74, 6) is -1.36. The van der Waals surface area contributed by atoms with Crippen LogP contribution in [0.5, 0.6) is 0 Å². The standard InChI is InChI=1S/C20H23FN2O3.C2H6/c1-12-15(8-14(9-16(12)21)19(25)26-5)17-7-6-13(10-22-17)18(24)23-11-20(2,3)4;1-2/h6-10H,11H2,1-5H3,(H,23,24);1-2H3. The van der Waals surface area contributed by atoms with E-state index < -0.39 is 11.8 Å². The molecular weight excluding hydrogens is 359 g/mol. The van der Waals surface area contributed by atoms with Crippen molar-refractivity contribution < 1.29 is 18.7 Å². The molecule has 0 aliphatic rings. The molecule has 1 amide bonds. The van der Waals surface area contributed by atoms with Gasteiger partial charge in [0.05, 0.1) is 23.9 Å². The first kappa shape index (κ1) is 23.3. The number of nitrogens with one attached hydrogen (secondary N) is 1. The number of carbonyl (C=O) groups excluding carboxylic acids is 2. The van der Waals surface area contributed by atoms with E-state index in [9.17, 15) is 14.0 Å². The predicted molar refractivity (Wildman–Crippen MR) is 109 cm³/mol. The first-order valence-corrected chi connectivity index (χ1v) is 9.25. The maximum Gasteiger partial charge on any atom is 0.337 e. The molecule has 0 aliphatic heterocycles. The van der Waals surface area contributed by atoms with E-state index in [4.69, 9.17) is 0 Å². The van der Waals surface area contributed by atoms with E-state index >= 15 is 0 Å². The summed E-state index contributed by atoms with van der Waals surface area (Å²) in [5, 5.41) is 2.85. The van der Waals surface area contributed by atoms with Gasteiger partial charge in [-0.1, -0.05) is 34.6 Å². The summed E-state index contributed by atoms with van der Waals surface area (Å²) in [4.78, 5) is 28.1. The Labute approximate surface area is 166 Å². The number of ether oxygens (including phenoxy) is 1. The normalized spacial score (nSPS) is 10.6. The van der Waals surface area contributed by atoms with Crippen LogP contribution >= 0.6 is 0 Å². The quantitative estimate of drug-likeness (QED) is 0.765. The zero-order valence-electron chi connectivity index (χ0n) is 17.6. The third kappa shape index (κ3) is 6.15. The molecular formula is C22H29FN2O3. The van der Waals surface area contributed by atoms with Gasteiger partial charge >= 0.3 is 5.97 Å². The molecule has 0 atom stereocenters. The average Bonchev–Trinajstić information content (AvgIpc) is 2.68. The first-order chi connectivity index (χ1) is 13.1. The number of rotatable bonds is 4. The highest BCUT2D eigenvalue weighted by atomic mass is 19.1. The molecule has 0 saturated heterocycles. The molecule has 1 aromatic heterocycles. The molecule has 1 N–H and O–H groups in total. The van der Waals surface area contributed by atoms with Gasteiger partial charge in [-0.25, -0.2) is 9.18 Å². The van der Waals surface area contributed by atoms with Crippen LogP contribution in [0.1, 0.15) is 60.9 Å². The molecule has 28 heavy (non-hydrogen) atoms. The largest absolute Gasteiger partial charge is 0.465 e. The number of hydrogen-bond acceptors (Lipinski definition) is 4. The molecule has 0 unspecified atom stereocenters. The smallest absolute Gasteiger partial charge is 0.337 e. The summed E-state index contributed by atoms with van der Waals surface area (Å²) < 4.78 is 18.8. The Bertz CT molecular complexity index is 825. The molecule has 152 valence electrons. The Morgan fingerprint density at radius 2 is 1.79 bits per heavy atom. The number of carbonyl (C=O) groups is 2. The number of esters is 1. The van der Waals surface area contributed by atoms with Crippen LogP contribution in [-0.2, 0) is 4.74 Å². The van der Waals surface area contributed by atoms with Gasteiger partial charge < -0.3 is 10.1 Å². The van der Waals surface area contributed by atoms with Gasteiger partial charge in [0, 0.05) is 18.3 Å². The minimum absolute atomic E-state index is 0.0218. The van der Waals surface area contributed by atoms with Crippen LogP contribution in [0.3, 0.4) is 0 Å². The monoisotopic (exact) mass is 388 g/mol. The Morgan fingerprint density at radius 1 is 1.14 bits per heavy atom. The minimum Gasteiger partial charge on any atom is -0.465 e. The van der Waals surface area contributed by atoms with Crippen molar-refractivity contribution >= 4 is 11.9 Å². The van der Waals surface area contributed by atoms with Crippen LogP contribution in [-0.4, -0.2) is 30.5 Å². The highest BCUT2D eigenvalue weighted by Crippen LogP contribution is 2.26. The van der Waals surface area contributed by atoms with Crippen LogP contribution in [0.25, 0.3) is 11.3 Å². The number of pyridine rings is 1. The Morgan fingerprint density at radius 3 is 2.29 bits per heavy atom. The highest BCUT2D eigenvalue weighted by molar-refractivity contribution is 5.94. The fraction of sp³-hybridized carbons (Fsp3) is 0.409. The van der Waals surface area contributed by atoms with Gasteiger partial charge in [0.25, 0.3) is 5.91 Å². The van der Waals surface area contributed by atoms with Crippen molar-refractivity contribution in [1.82, 2.24) is 10.3 Å². The lowest BCUT2D eigenvalue weighted by Crippen LogP contribution is -2.32. The second kappa shape index (κ2) is 9.97. The van der Waals surface area contributed by atoms with Crippen molar-refractivity contribution in [2.24, 2.45) is 5.41 Å². The van der Waals surface area contributed by atoms with Gasteiger partial charge in [0.2, 0.25) is 0 Å². The summed E-state index contributed by atoms with van der Waals surface area (Å²) >= 11 is 0. The lowest BCUT2D eigenvalue weighted by molar-refractivity contribution is 0.0600. The summed E-state index contributed by atoms with van der Waals surface area (Å²) in [5.41, 5.74) is 1.83. The highest BCUT2D eigenvalue weighted by Gasteiger charge is 2.16. The molecule has 0 saturated carbocycles.